The molecule has 1 aromatic heterocycles. The molecule has 0 aliphatic heterocycles. The molecule has 0 bridgehead atoms. The number of hydrazine groups is 1. The van der Waals surface area contributed by atoms with E-state index in [1.165, 1.54) is 25.7 Å². The number of fused-ring (bicyclic) bond motifs is 1. The largest absolute Gasteiger partial charge is 0.358 e. The van der Waals surface area contributed by atoms with Gasteiger partial charge in [-0.15, -0.1) is 0 Å². The number of nitrogen functional groups attached to an aromatic ring is 1. The SMILES string of the molecule is Cc1[nH]c2c(I)cccc2c1C.NNc1ccccc1I. The maximum atomic E-state index is 5.20. The number of para-hydroxylation sites is 2. The quantitative estimate of drug-likeness (QED) is 0.249. The Balaban J connectivity index is 0.000000161. The maximum Gasteiger partial charge on any atom is 0.0618 e. The molecule has 0 radical (unpaired) electrons. The first-order valence-corrected chi connectivity index (χ1v) is 8.65. The molecule has 3 aromatic rings. The number of halogens is 2. The van der Waals surface area contributed by atoms with E-state index < -0.39 is 0 Å². The van der Waals surface area contributed by atoms with Gasteiger partial charge in [0.1, 0.15) is 0 Å². The molecule has 4 N–H and O–H groups in total. The molecule has 2 aromatic carbocycles. The van der Waals surface area contributed by atoms with Crippen molar-refractivity contribution in [2.24, 2.45) is 5.84 Å². The predicted molar refractivity (Wildman–Crippen MR) is 107 cm³/mol. The Hall–Kier alpha value is -0.800. The Morgan fingerprint density at radius 1 is 0.952 bits per heavy atom. The predicted octanol–water partition coefficient (Wildman–Crippen LogP) is 4.97. The summed E-state index contributed by atoms with van der Waals surface area (Å²) in [5.74, 6) is 5.20. The monoisotopic (exact) mass is 505 g/mol. The summed E-state index contributed by atoms with van der Waals surface area (Å²) in [5.41, 5.74) is 7.47. The molecule has 0 saturated carbocycles. The minimum absolute atomic E-state index is 0.970. The third-order valence-corrected chi connectivity index (χ3v) is 5.16. The van der Waals surface area contributed by atoms with E-state index in [2.05, 4.69) is 87.6 Å². The van der Waals surface area contributed by atoms with Crippen molar-refractivity contribution >= 4 is 61.8 Å². The lowest BCUT2D eigenvalue weighted by Crippen LogP contribution is -2.07. The molecule has 0 aliphatic rings. The van der Waals surface area contributed by atoms with Gasteiger partial charge in [-0.2, -0.15) is 0 Å². The lowest BCUT2D eigenvalue weighted by atomic mass is 10.2. The molecule has 5 heteroatoms. The van der Waals surface area contributed by atoms with Gasteiger partial charge >= 0.3 is 0 Å². The van der Waals surface area contributed by atoms with Gasteiger partial charge in [0.25, 0.3) is 0 Å². The first-order chi connectivity index (χ1) is 10.0. The van der Waals surface area contributed by atoms with Crippen molar-refractivity contribution in [2.75, 3.05) is 5.43 Å². The zero-order valence-electron chi connectivity index (χ0n) is 11.9. The summed E-state index contributed by atoms with van der Waals surface area (Å²) in [6, 6.07) is 14.2. The summed E-state index contributed by atoms with van der Waals surface area (Å²) in [6.07, 6.45) is 0. The molecule has 21 heavy (non-hydrogen) atoms. The maximum absolute atomic E-state index is 5.20. The number of benzene rings is 2. The van der Waals surface area contributed by atoms with Gasteiger partial charge in [0.05, 0.1) is 11.2 Å². The highest BCUT2D eigenvalue weighted by Crippen LogP contribution is 2.24. The van der Waals surface area contributed by atoms with Crippen LogP contribution in [0.15, 0.2) is 42.5 Å². The number of aryl methyl sites for hydroxylation is 2. The normalized spacial score (nSPS) is 10.1. The second kappa shape index (κ2) is 7.46. The van der Waals surface area contributed by atoms with Crippen molar-refractivity contribution < 1.29 is 0 Å². The number of hydrogen-bond donors (Lipinski definition) is 3. The van der Waals surface area contributed by atoms with Crippen molar-refractivity contribution in [2.45, 2.75) is 13.8 Å². The fraction of sp³-hybridized carbons (Fsp3) is 0.125. The molecular formula is C16H17I2N3. The second-order valence-electron chi connectivity index (χ2n) is 4.66. The Morgan fingerprint density at radius 3 is 2.19 bits per heavy atom. The highest BCUT2D eigenvalue weighted by molar-refractivity contribution is 14.1. The highest BCUT2D eigenvalue weighted by Gasteiger charge is 2.04. The Bertz CT molecular complexity index is 750. The Kier molecular flexibility index (Phi) is 5.88. The fourth-order valence-electron chi connectivity index (χ4n) is 2.03. The summed E-state index contributed by atoms with van der Waals surface area (Å²) < 4.78 is 2.43. The Labute approximate surface area is 151 Å². The molecule has 0 fully saturated rings. The second-order valence-corrected chi connectivity index (χ2v) is 6.99. The molecule has 3 rings (SSSR count). The van der Waals surface area contributed by atoms with E-state index in [0.717, 1.165) is 9.26 Å². The van der Waals surface area contributed by atoms with Crippen LogP contribution < -0.4 is 11.3 Å². The summed E-state index contributed by atoms with van der Waals surface area (Å²) in [7, 11) is 0. The van der Waals surface area contributed by atoms with Crippen LogP contribution >= 0.6 is 45.2 Å². The summed E-state index contributed by atoms with van der Waals surface area (Å²) in [4.78, 5) is 3.39. The van der Waals surface area contributed by atoms with Crippen LogP contribution in [0.2, 0.25) is 0 Å². The number of H-pyrrole nitrogens is 1. The lowest BCUT2D eigenvalue weighted by Gasteiger charge is -1.99. The lowest BCUT2D eigenvalue weighted by molar-refractivity contribution is 1.25. The van der Waals surface area contributed by atoms with Crippen molar-refractivity contribution in [3.8, 4) is 0 Å². The van der Waals surface area contributed by atoms with Gasteiger partial charge < -0.3 is 10.4 Å². The van der Waals surface area contributed by atoms with Crippen LogP contribution in [-0.4, -0.2) is 4.98 Å². The molecule has 0 atom stereocenters. The molecule has 110 valence electrons. The van der Waals surface area contributed by atoms with E-state index in [1.807, 2.05) is 24.3 Å². The third-order valence-electron chi connectivity index (χ3n) is 3.32. The number of nitrogens with two attached hydrogens (primary N) is 1. The number of nitrogens with one attached hydrogen (secondary N) is 2. The molecule has 3 nitrogen and oxygen atoms in total. The van der Waals surface area contributed by atoms with Gasteiger partial charge in [0.2, 0.25) is 0 Å². The van der Waals surface area contributed by atoms with E-state index in [9.17, 15) is 0 Å². The van der Waals surface area contributed by atoms with Crippen molar-refractivity contribution in [1.29, 1.82) is 0 Å². The topological polar surface area (TPSA) is 53.8 Å². The molecule has 0 unspecified atom stereocenters. The zero-order chi connectivity index (χ0) is 15.4. The van der Waals surface area contributed by atoms with E-state index in [-0.39, 0.29) is 0 Å². The number of aromatic nitrogens is 1. The number of rotatable bonds is 1. The molecule has 0 amide bonds. The van der Waals surface area contributed by atoms with Crippen LogP contribution in [0.1, 0.15) is 11.3 Å². The van der Waals surface area contributed by atoms with Gasteiger partial charge in [0.15, 0.2) is 0 Å². The first-order valence-electron chi connectivity index (χ1n) is 6.49. The summed E-state index contributed by atoms with van der Waals surface area (Å²) in [6.45, 7) is 4.27. The number of anilines is 1. The molecule has 1 heterocycles. The summed E-state index contributed by atoms with van der Waals surface area (Å²) in [5, 5.41) is 1.35. The van der Waals surface area contributed by atoms with Crippen LogP contribution in [0.3, 0.4) is 0 Å². The molecule has 0 saturated heterocycles. The van der Waals surface area contributed by atoms with Gasteiger partial charge in [-0.25, -0.2) is 0 Å². The Morgan fingerprint density at radius 2 is 1.62 bits per heavy atom. The average molecular weight is 505 g/mol. The van der Waals surface area contributed by atoms with Gasteiger partial charge in [-0.3, -0.25) is 5.84 Å². The minimum Gasteiger partial charge on any atom is -0.358 e. The van der Waals surface area contributed by atoms with E-state index in [4.69, 9.17) is 5.84 Å². The average Bonchev–Trinajstić information content (AvgIpc) is 2.78. The molecule has 0 aliphatic carbocycles. The van der Waals surface area contributed by atoms with Crippen LogP contribution in [0.4, 0.5) is 5.69 Å². The van der Waals surface area contributed by atoms with Gasteiger partial charge in [-0.1, -0.05) is 24.3 Å². The smallest absolute Gasteiger partial charge is 0.0618 e. The van der Waals surface area contributed by atoms with Crippen LogP contribution in [0, 0.1) is 21.0 Å². The number of hydrogen-bond acceptors (Lipinski definition) is 2. The highest BCUT2D eigenvalue weighted by atomic mass is 127. The van der Waals surface area contributed by atoms with E-state index in [0.29, 0.717) is 0 Å². The van der Waals surface area contributed by atoms with Crippen LogP contribution in [0.5, 0.6) is 0 Å². The molecule has 0 spiro atoms. The summed E-state index contributed by atoms with van der Waals surface area (Å²) >= 11 is 4.57. The van der Waals surface area contributed by atoms with Gasteiger partial charge in [0, 0.05) is 18.2 Å². The minimum atomic E-state index is 0.970. The fourth-order valence-corrected chi connectivity index (χ4v) is 3.20. The standard InChI is InChI=1S/C10H10IN.C6H7IN2/c1-6-7(2)12-10-8(6)4-3-5-9(10)11;7-5-3-1-2-4-6(5)9-8/h3-5,12H,1-2H3;1-4,9H,8H2. The van der Waals surface area contributed by atoms with Crippen molar-refractivity contribution in [1.82, 2.24) is 4.98 Å². The number of aromatic amines is 1. The van der Waals surface area contributed by atoms with E-state index >= 15 is 0 Å². The van der Waals surface area contributed by atoms with Crippen LogP contribution in [-0.2, 0) is 0 Å². The molecular weight excluding hydrogens is 488 g/mol. The van der Waals surface area contributed by atoms with E-state index in [1.54, 1.807) is 0 Å². The van der Waals surface area contributed by atoms with Gasteiger partial charge in [-0.05, 0) is 82.8 Å². The first kappa shape index (κ1) is 16.6. The van der Waals surface area contributed by atoms with Crippen molar-refractivity contribution in [3.05, 3.63) is 60.9 Å². The van der Waals surface area contributed by atoms with Crippen LogP contribution in [0.25, 0.3) is 10.9 Å². The zero-order valence-corrected chi connectivity index (χ0v) is 16.2. The third kappa shape index (κ3) is 3.89. The van der Waals surface area contributed by atoms with Crippen molar-refractivity contribution in [3.63, 3.8) is 0 Å².